The Labute approximate surface area is 690 Å². The number of halogens is 3. The second kappa shape index (κ2) is 34.2. The summed E-state index contributed by atoms with van der Waals surface area (Å²) in [6.45, 7) is 5.04. The van der Waals surface area contributed by atoms with E-state index in [1.165, 1.54) is 18.2 Å². The fraction of sp³-hybridized carbons (Fsp3) is 0.295. The van der Waals surface area contributed by atoms with Crippen molar-refractivity contribution in [2.75, 3.05) is 81.9 Å². The summed E-state index contributed by atoms with van der Waals surface area (Å²) in [5, 5.41) is 62.0. The summed E-state index contributed by atoms with van der Waals surface area (Å²) in [5.74, 6) is 3.42. The Morgan fingerprint density at radius 1 is 0.421 bits per heavy atom. The van der Waals surface area contributed by atoms with Crippen LogP contribution < -0.4 is 14.2 Å². The van der Waals surface area contributed by atoms with E-state index < -0.39 is 0 Å². The molecule has 3 N–H and O–H groups in total. The molecule has 0 saturated carbocycles. The van der Waals surface area contributed by atoms with E-state index in [0.29, 0.717) is 128 Å². The van der Waals surface area contributed by atoms with Crippen molar-refractivity contribution in [2.45, 2.75) is 75.0 Å². The van der Waals surface area contributed by atoms with Crippen molar-refractivity contribution in [3.63, 3.8) is 0 Å². The van der Waals surface area contributed by atoms with Gasteiger partial charge in [-0.2, -0.15) is 25.5 Å². The van der Waals surface area contributed by atoms with Crippen LogP contribution in [0, 0.1) is 17.5 Å². The minimum Gasteiger partial charge on any atom is -0.496 e. The highest BCUT2D eigenvalue weighted by atomic mass is 19.1. The summed E-state index contributed by atoms with van der Waals surface area (Å²) in [5.41, 5.74) is 13.8. The van der Waals surface area contributed by atoms with Crippen molar-refractivity contribution in [3.8, 4) is 85.4 Å². The molecule has 17 aromatic rings. The monoisotopic (exact) mass is 1640 g/mol. The molecule has 6 atom stereocenters. The number of aryl methyl sites for hydroxylation is 2. The van der Waals surface area contributed by atoms with Gasteiger partial charge in [-0.05, 0) is 135 Å². The van der Waals surface area contributed by atoms with Crippen molar-refractivity contribution in [2.24, 2.45) is 14.1 Å². The molecule has 20 rings (SSSR count). The molecule has 3 fully saturated rings. The van der Waals surface area contributed by atoms with Gasteiger partial charge in [-0.25, -0.2) is 18.2 Å². The first-order valence-electron chi connectivity index (χ1n) is 39.6. The summed E-state index contributed by atoms with van der Waals surface area (Å²) in [7, 11) is 13.5. The van der Waals surface area contributed by atoms with E-state index in [4.69, 9.17) is 41.7 Å². The van der Waals surface area contributed by atoms with Crippen molar-refractivity contribution in [1.82, 2.24) is 105 Å². The first kappa shape index (κ1) is 78.8. The average molecular weight is 1640 g/mol. The number of aromatic nitrogens is 18. The van der Waals surface area contributed by atoms with Crippen LogP contribution in [-0.2, 0) is 47.9 Å². The molecule has 3 saturated heterocycles. The first-order valence-corrected chi connectivity index (χ1v) is 39.6. The van der Waals surface area contributed by atoms with E-state index in [1.54, 1.807) is 101 Å². The number of fused-ring (bicyclic) bond motifs is 5. The molecule has 618 valence electrons. The van der Waals surface area contributed by atoms with Gasteiger partial charge in [0.05, 0.1) is 91.4 Å². The zero-order chi connectivity index (χ0) is 82.9. The Morgan fingerprint density at radius 3 is 1.25 bits per heavy atom. The molecule has 0 spiro atoms. The van der Waals surface area contributed by atoms with E-state index in [9.17, 15) is 13.2 Å². The topological polar surface area (TPSA) is 321 Å². The van der Waals surface area contributed by atoms with Gasteiger partial charge < -0.3 is 46.1 Å². The number of likely N-dealkylation sites (tertiary alicyclic amines) is 3. The lowest BCUT2D eigenvalue weighted by atomic mass is 9.95. The van der Waals surface area contributed by atoms with Crippen molar-refractivity contribution in [1.29, 1.82) is 0 Å². The Bertz CT molecular complexity index is 6540. The molecule has 3 aliphatic heterocycles. The molecular weight excluding hydrogens is 1550 g/mol. The second-order valence-electron chi connectivity index (χ2n) is 30.6. The smallest absolute Gasteiger partial charge is 0.247 e. The highest BCUT2D eigenvalue weighted by Gasteiger charge is 2.37. The van der Waals surface area contributed by atoms with Crippen LogP contribution in [0.2, 0.25) is 0 Å². The lowest BCUT2D eigenvalue weighted by Gasteiger charge is -2.36. The standard InChI is InChI=1S/C31H30FN7O3.C30H28FN7O3.C27H28FN7O3/c1-38-14-20-11-18(7-9-26(20)37-38)29-23-13-19(8-10-27(23)33-34-29)30-35-36-31(42-30)21-12-22(40-2)16-39(15-21)17-24-25(32)5-4-6-28(24)41-3;1-39-21-12-20(14-37(16-21)17-23-24(31)4-3-5-26(23)40-2)30-36-35-29(41-30)18-6-8-25-22(13-18)28(34-33-25)19-7-9-27-32-10-11-38(27)15-19;1-34-12-18(11-29-34)25-20-10-16(7-8-23(20)30-31-25)26-32-33-27(38-26)17-9-19(36-2)14-35(13-17)15-21-22(28)5-4-6-24(21)37-3/h4-11,13-14,21-22H,12,15-17H2,1-3H3,(H,33,34);3-11,13,15,20-21H,12,14,16-17H2,1-2H3,(H,33,34);4-8,10-12,17,19H,9,13-15H2,1-3H3,(H,30,31)/t21-,22?;20-,21?;17-,19?/m111/s1. The van der Waals surface area contributed by atoms with Crippen LogP contribution in [0.1, 0.15) is 71.4 Å². The normalized spacial score (nSPS) is 18.0. The molecule has 10 aromatic heterocycles. The van der Waals surface area contributed by atoms with Gasteiger partial charge in [-0.1, -0.05) is 24.3 Å². The summed E-state index contributed by atoms with van der Waals surface area (Å²) < 4.78 is 102. The quantitative estimate of drug-likeness (QED) is 0.0602. The zero-order valence-electron chi connectivity index (χ0n) is 67.6. The number of imidazole rings is 1. The summed E-state index contributed by atoms with van der Waals surface area (Å²) in [6.07, 6.45) is 13.4. The molecule has 3 aliphatic rings. The van der Waals surface area contributed by atoms with Gasteiger partial charge in [0.2, 0.25) is 35.3 Å². The molecule has 33 heteroatoms. The number of methoxy groups -OCH3 is 6. The molecule has 7 aromatic carbocycles. The van der Waals surface area contributed by atoms with Gasteiger partial charge in [0, 0.05) is 197 Å². The highest BCUT2D eigenvalue weighted by Crippen LogP contribution is 2.40. The minimum atomic E-state index is -0.292. The fourth-order valence-electron chi connectivity index (χ4n) is 16.7. The number of benzene rings is 7. The molecule has 0 amide bonds. The Balaban J connectivity index is 0.000000124. The number of aromatic amines is 3. The van der Waals surface area contributed by atoms with Gasteiger partial charge in [-0.15, -0.1) is 30.6 Å². The molecule has 13 heterocycles. The third kappa shape index (κ3) is 16.4. The Morgan fingerprint density at radius 2 is 0.835 bits per heavy atom. The second-order valence-corrected chi connectivity index (χ2v) is 30.6. The Hall–Kier alpha value is -13.3. The molecule has 121 heavy (non-hydrogen) atoms. The predicted molar refractivity (Wildman–Crippen MR) is 443 cm³/mol. The number of rotatable bonds is 21. The van der Waals surface area contributed by atoms with E-state index in [-0.39, 0.29) is 53.5 Å². The number of hydrogen-bond acceptors (Lipinski definition) is 24. The van der Waals surface area contributed by atoms with Gasteiger partial charge in [-0.3, -0.25) is 39.4 Å². The summed E-state index contributed by atoms with van der Waals surface area (Å²) >= 11 is 0. The maximum Gasteiger partial charge on any atom is 0.247 e. The van der Waals surface area contributed by atoms with Crippen LogP contribution in [-0.4, -0.2) is 205 Å². The number of hydrogen-bond donors (Lipinski definition) is 3. The highest BCUT2D eigenvalue weighted by molar-refractivity contribution is 5.98. The van der Waals surface area contributed by atoms with E-state index in [2.05, 4.69) is 97.1 Å². The average Bonchev–Trinajstić information content (AvgIpc) is 1.60. The third-order valence-electron chi connectivity index (χ3n) is 22.8. The maximum atomic E-state index is 14.7. The molecular formula is C88H86F3N21O9. The van der Waals surface area contributed by atoms with Crippen LogP contribution in [0.5, 0.6) is 17.2 Å². The maximum absolute atomic E-state index is 14.7. The van der Waals surface area contributed by atoms with Crippen molar-refractivity contribution < 1.29 is 54.8 Å². The number of pyridine rings is 1. The fourth-order valence-corrected chi connectivity index (χ4v) is 16.7. The Kier molecular flexibility index (Phi) is 22.3. The molecule has 3 unspecified atom stereocenters. The number of nitrogens with one attached hydrogen (secondary N) is 3. The van der Waals surface area contributed by atoms with Gasteiger partial charge in [0.25, 0.3) is 0 Å². The van der Waals surface area contributed by atoms with Crippen LogP contribution in [0.4, 0.5) is 13.2 Å². The van der Waals surface area contributed by atoms with Gasteiger partial charge in [0.15, 0.2) is 0 Å². The summed E-state index contributed by atoms with van der Waals surface area (Å²) in [4.78, 5) is 10.8. The molecule has 30 nitrogen and oxygen atoms in total. The van der Waals surface area contributed by atoms with Gasteiger partial charge >= 0.3 is 0 Å². The van der Waals surface area contributed by atoms with E-state index in [1.807, 2.05) is 122 Å². The number of ether oxygens (including phenoxy) is 6. The minimum absolute atomic E-state index is 0.0498. The summed E-state index contributed by atoms with van der Waals surface area (Å²) in [6, 6.07) is 42.5. The molecule has 0 radical (unpaired) electrons. The number of piperidine rings is 3. The number of H-pyrrole nitrogens is 3. The largest absolute Gasteiger partial charge is 0.496 e. The lowest BCUT2D eigenvalue weighted by Crippen LogP contribution is -2.42. The molecule has 0 bridgehead atoms. The van der Waals surface area contributed by atoms with Crippen LogP contribution >= 0.6 is 0 Å². The van der Waals surface area contributed by atoms with E-state index in [0.717, 1.165) is 119 Å². The third-order valence-corrected chi connectivity index (χ3v) is 22.8. The van der Waals surface area contributed by atoms with Crippen LogP contribution in [0.25, 0.3) is 117 Å². The zero-order valence-corrected chi connectivity index (χ0v) is 67.6. The van der Waals surface area contributed by atoms with Crippen LogP contribution in [0.3, 0.4) is 0 Å². The van der Waals surface area contributed by atoms with Crippen molar-refractivity contribution >= 4 is 49.3 Å². The first-order chi connectivity index (χ1) is 59.1. The van der Waals surface area contributed by atoms with Crippen molar-refractivity contribution in [3.05, 3.63) is 229 Å². The predicted octanol–water partition coefficient (Wildman–Crippen LogP) is 14.6. The number of nitrogens with zero attached hydrogens (tertiary/aromatic N) is 18. The van der Waals surface area contributed by atoms with E-state index >= 15 is 0 Å². The van der Waals surface area contributed by atoms with Crippen LogP contribution in [0.15, 0.2) is 190 Å². The lowest BCUT2D eigenvalue weighted by molar-refractivity contribution is 0.0147. The SMILES string of the molecule is COc1cccc(F)c1CN1CC(OC)C[C@@H](c2nnc(-c3ccc4[nH]nc(-c5ccc6nccn6c5)c4c3)o2)C1.COc1cccc(F)c1CN1CC(OC)C[C@@H](c2nnc(-c3ccc4[nH]nc(-c5ccc6nn(C)cc6c5)c4c3)o2)C1.COc1cccc(F)c1CN1CC(OC)C[C@@H](c2nnc(-c3ccc4[nH]nc(-c5cnn(C)c5)c4c3)o2)C1. The van der Waals surface area contributed by atoms with Gasteiger partial charge in [0.1, 0.15) is 51.7 Å². The molecule has 0 aliphatic carbocycles.